The molecule has 2 heterocycles. The Balaban J connectivity index is 2.76. The number of nitrogens with zero attached hydrogens (tertiary/aromatic N) is 3. The lowest BCUT2D eigenvalue weighted by atomic mass is 10.0. The van der Waals surface area contributed by atoms with Crippen molar-refractivity contribution >= 4 is 11.0 Å². The molecular formula is C10H11N3. The van der Waals surface area contributed by atoms with Gasteiger partial charge >= 0.3 is 0 Å². The second kappa shape index (κ2) is 3.09. The van der Waals surface area contributed by atoms with Crippen LogP contribution in [0, 0.1) is 0 Å². The zero-order valence-electron chi connectivity index (χ0n) is 7.73. The summed E-state index contributed by atoms with van der Waals surface area (Å²) in [4.78, 5) is 12.6. The molecule has 0 atom stereocenters. The fourth-order valence-corrected chi connectivity index (χ4v) is 1.34. The minimum Gasteiger partial charge on any atom is -0.262 e. The molecular weight excluding hydrogens is 162 g/mol. The third-order valence-corrected chi connectivity index (χ3v) is 2.03. The predicted molar refractivity (Wildman–Crippen MR) is 51.4 cm³/mol. The fraction of sp³-hybridized carbons (Fsp3) is 0.300. The Kier molecular flexibility index (Phi) is 1.93. The molecule has 2 aromatic heterocycles. The lowest BCUT2D eigenvalue weighted by molar-refractivity contribution is 0.864. The number of pyridine rings is 1. The van der Waals surface area contributed by atoms with Crippen molar-refractivity contribution in [2.24, 2.45) is 0 Å². The van der Waals surface area contributed by atoms with Gasteiger partial charge < -0.3 is 0 Å². The molecule has 0 radical (unpaired) electrons. The number of aromatic nitrogens is 3. The van der Waals surface area contributed by atoms with E-state index in [9.17, 15) is 0 Å². The van der Waals surface area contributed by atoms with Gasteiger partial charge in [-0.3, -0.25) is 15.0 Å². The molecule has 0 saturated carbocycles. The highest BCUT2D eigenvalue weighted by atomic mass is 14.8. The van der Waals surface area contributed by atoms with Crippen LogP contribution in [0.1, 0.15) is 25.3 Å². The van der Waals surface area contributed by atoms with Crippen LogP contribution < -0.4 is 0 Å². The van der Waals surface area contributed by atoms with E-state index in [1.165, 1.54) is 0 Å². The van der Waals surface area contributed by atoms with Crippen molar-refractivity contribution < 1.29 is 0 Å². The van der Waals surface area contributed by atoms with Crippen LogP contribution in [0.5, 0.6) is 0 Å². The number of rotatable bonds is 1. The molecule has 0 amide bonds. The van der Waals surface area contributed by atoms with Crippen LogP contribution in [0.2, 0.25) is 0 Å². The summed E-state index contributed by atoms with van der Waals surface area (Å²) in [5, 5.41) is 0. The fourth-order valence-electron chi connectivity index (χ4n) is 1.34. The van der Waals surface area contributed by atoms with Crippen molar-refractivity contribution in [3.05, 3.63) is 30.4 Å². The van der Waals surface area contributed by atoms with Crippen molar-refractivity contribution in [2.75, 3.05) is 0 Å². The third kappa shape index (κ3) is 1.37. The van der Waals surface area contributed by atoms with Crippen molar-refractivity contribution in [1.82, 2.24) is 15.0 Å². The van der Waals surface area contributed by atoms with Crippen LogP contribution in [-0.4, -0.2) is 15.0 Å². The summed E-state index contributed by atoms with van der Waals surface area (Å²) >= 11 is 0. The molecule has 2 rings (SSSR count). The maximum absolute atomic E-state index is 4.30. The van der Waals surface area contributed by atoms with Gasteiger partial charge in [0.2, 0.25) is 0 Å². The summed E-state index contributed by atoms with van der Waals surface area (Å²) in [6.07, 6.45) is 7.01. The van der Waals surface area contributed by atoms with Crippen LogP contribution in [0.4, 0.5) is 0 Å². The number of hydrogen-bond donors (Lipinski definition) is 0. The first-order valence-electron chi connectivity index (χ1n) is 4.33. The van der Waals surface area contributed by atoms with Gasteiger partial charge in [-0.15, -0.1) is 0 Å². The standard InChI is InChI=1S/C10H11N3/c1-7(2)8-5-11-6-9-10(8)13-4-3-12-9/h3-7H,1-2H3. The topological polar surface area (TPSA) is 38.7 Å². The van der Waals surface area contributed by atoms with Gasteiger partial charge in [-0.05, 0) is 5.92 Å². The van der Waals surface area contributed by atoms with E-state index in [1.807, 2.05) is 6.20 Å². The summed E-state index contributed by atoms with van der Waals surface area (Å²) < 4.78 is 0. The first-order valence-corrected chi connectivity index (χ1v) is 4.33. The first kappa shape index (κ1) is 8.10. The van der Waals surface area contributed by atoms with Gasteiger partial charge in [-0.1, -0.05) is 13.8 Å². The average Bonchev–Trinajstić information content (AvgIpc) is 2.17. The summed E-state index contributed by atoms with van der Waals surface area (Å²) in [7, 11) is 0. The minimum atomic E-state index is 0.438. The van der Waals surface area contributed by atoms with Crippen molar-refractivity contribution in [3.8, 4) is 0 Å². The van der Waals surface area contributed by atoms with Crippen LogP contribution in [0.3, 0.4) is 0 Å². The smallest absolute Gasteiger partial charge is 0.107 e. The molecule has 0 unspecified atom stereocenters. The maximum atomic E-state index is 4.30. The lowest BCUT2D eigenvalue weighted by Crippen LogP contribution is -1.94. The Morgan fingerprint density at radius 2 is 1.85 bits per heavy atom. The highest BCUT2D eigenvalue weighted by molar-refractivity contribution is 5.76. The number of hydrogen-bond acceptors (Lipinski definition) is 3. The van der Waals surface area contributed by atoms with Crippen molar-refractivity contribution in [1.29, 1.82) is 0 Å². The van der Waals surface area contributed by atoms with Gasteiger partial charge in [-0.2, -0.15) is 0 Å². The second-order valence-electron chi connectivity index (χ2n) is 3.31. The molecule has 3 heteroatoms. The summed E-state index contributed by atoms with van der Waals surface area (Å²) in [6.45, 7) is 4.26. The van der Waals surface area contributed by atoms with E-state index in [4.69, 9.17) is 0 Å². The van der Waals surface area contributed by atoms with E-state index in [2.05, 4.69) is 28.8 Å². The summed E-state index contributed by atoms with van der Waals surface area (Å²) in [5.74, 6) is 0.438. The molecule has 2 aromatic rings. The molecule has 0 N–H and O–H groups in total. The summed E-state index contributed by atoms with van der Waals surface area (Å²) in [6, 6.07) is 0. The highest BCUT2D eigenvalue weighted by Crippen LogP contribution is 2.20. The molecule has 0 aliphatic rings. The molecule has 0 bridgehead atoms. The van der Waals surface area contributed by atoms with Gasteiger partial charge in [-0.25, -0.2) is 0 Å². The van der Waals surface area contributed by atoms with Gasteiger partial charge in [0.1, 0.15) is 5.52 Å². The third-order valence-electron chi connectivity index (χ3n) is 2.03. The zero-order valence-corrected chi connectivity index (χ0v) is 7.73. The van der Waals surface area contributed by atoms with E-state index >= 15 is 0 Å². The van der Waals surface area contributed by atoms with Gasteiger partial charge in [0.05, 0.1) is 11.7 Å². The number of fused-ring (bicyclic) bond motifs is 1. The first-order chi connectivity index (χ1) is 6.29. The molecule has 0 aliphatic carbocycles. The monoisotopic (exact) mass is 173 g/mol. The van der Waals surface area contributed by atoms with E-state index in [0.717, 1.165) is 16.6 Å². The SMILES string of the molecule is CC(C)c1cncc2nccnc12. The highest BCUT2D eigenvalue weighted by Gasteiger charge is 2.06. The molecule has 0 fully saturated rings. The van der Waals surface area contributed by atoms with Gasteiger partial charge in [0.25, 0.3) is 0 Å². The second-order valence-corrected chi connectivity index (χ2v) is 3.31. The van der Waals surface area contributed by atoms with E-state index in [0.29, 0.717) is 5.92 Å². The van der Waals surface area contributed by atoms with Crippen molar-refractivity contribution in [2.45, 2.75) is 19.8 Å². The quantitative estimate of drug-likeness (QED) is 0.663. The van der Waals surface area contributed by atoms with Crippen LogP contribution in [0.15, 0.2) is 24.8 Å². The zero-order chi connectivity index (χ0) is 9.26. The largest absolute Gasteiger partial charge is 0.262 e. The van der Waals surface area contributed by atoms with Crippen molar-refractivity contribution in [3.63, 3.8) is 0 Å². The Labute approximate surface area is 76.9 Å². The van der Waals surface area contributed by atoms with Crippen LogP contribution >= 0.6 is 0 Å². The molecule has 66 valence electrons. The molecule has 0 saturated heterocycles. The Morgan fingerprint density at radius 1 is 1.08 bits per heavy atom. The summed E-state index contributed by atoms with van der Waals surface area (Å²) in [5.41, 5.74) is 2.99. The van der Waals surface area contributed by atoms with Gasteiger partial charge in [0.15, 0.2) is 0 Å². The minimum absolute atomic E-state index is 0.438. The normalized spacial score (nSPS) is 11.0. The van der Waals surface area contributed by atoms with E-state index < -0.39 is 0 Å². The van der Waals surface area contributed by atoms with Gasteiger partial charge in [0, 0.05) is 24.2 Å². The van der Waals surface area contributed by atoms with E-state index in [-0.39, 0.29) is 0 Å². The predicted octanol–water partition coefficient (Wildman–Crippen LogP) is 2.15. The van der Waals surface area contributed by atoms with E-state index in [1.54, 1.807) is 18.6 Å². The Bertz CT molecular complexity index is 418. The molecule has 0 spiro atoms. The molecule has 13 heavy (non-hydrogen) atoms. The molecule has 3 nitrogen and oxygen atoms in total. The lowest BCUT2D eigenvalue weighted by Gasteiger charge is -2.06. The van der Waals surface area contributed by atoms with Crippen LogP contribution in [-0.2, 0) is 0 Å². The molecule has 0 aliphatic heterocycles. The maximum Gasteiger partial charge on any atom is 0.107 e. The molecule has 0 aromatic carbocycles. The average molecular weight is 173 g/mol. The van der Waals surface area contributed by atoms with Crippen LogP contribution in [0.25, 0.3) is 11.0 Å². The Hall–Kier alpha value is -1.51. The Morgan fingerprint density at radius 3 is 2.62 bits per heavy atom.